The van der Waals surface area contributed by atoms with Crippen LogP contribution in [0, 0.1) is 0 Å². The normalized spacial score (nSPS) is 9.00. The zero-order valence-corrected chi connectivity index (χ0v) is 14.2. The number of hydrogen-bond acceptors (Lipinski definition) is 2. The molecule has 0 atom stereocenters. The summed E-state index contributed by atoms with van der Waals surface area (Å²) in [5, 5.41) is 0. The average Bonchev–Trinajstić information content (AvgIpc) is 2.26. The van der Waals surface area contributed by atoms with Crippen molar-refractivity contribution in [3.63, 3.8) is 0 Å². The van der Waals surface area contributed by atoms with Crippen LogP contribution >= 0.6 is 7.92 Å². The summed E-state index contributed by atoms with van der Waals surface area (Å²) in [7, 11) is 0.137. The molecule has 0 aromatic heterocycles. The first-order valence-electron chi connectivity index (χ1n) is 5.50. The molecule has 0 saturated carbocycles. The van der Waals surface area contributed by atoms with E-state index >= 15 is 0 Å². The van der Waals surface area contributed by atoms with E-state index < -0.39 is 0 Å². The first-order valence-corrected chi connectivity index (χ1v) is 8.03. The summed E-state index contributed by atoms with van der Waals surface area (Å²) in [6.07, 6.45) is 4.37. The van der Waals surface area contributed by atoms with E-state index in [0.29, 0.717) is 5.69 Å². The van der Waals surface area contributed by atoms with Crippen molar-refractivity contribution in [3.05, 3.63) is 24.3 Å². The van der Waals surface area contributed by atoms with Gasteiger partial charge in [-0.1, -0.05) is 18.2 Å². The second-order valence-corrected chi connectivity index (χ2v) is 7.41. The Hall–Kier alpha value is 0.410. The van der Waals surface area contributed by atoms with Gasteiger partial charge in [0, 0.05) is 28.1 Å². The van der Waals surface area contributed by atoms with Gasteiger partial charge in [0.15, 0.2) is 0 Å². The molecule has 0 saturated heterocycles. The van der Waals surface area contributed by atoms with Crippen LogP contribution in [0.3, 0.4) is 0 Å². The van der Waals surface area contributed by atoms with Crippen molar-refractivity contribution in [1.29, 1.82) is 0 Å². The van der Waals surface area contributed by atoms with Crippen LogP contribution in [-0.2, 0) is 35.0 Å². The fraction of sp³-hybridized carbons (Fsp3) is 0.500. The van der Waals surface area contributed by atoms with Crippen molar-refractivity contribution in [1.82, 2.24) is 0 Å². The minimum Gasteiger partial charge on any atom is -0.778 e. The molecule has 1 radical (unpaired) electrons. The second kappa shape index (κ2) is 11.9. The Morgan fingerprint density at radius 1 is 1.06 bits per heavy atom. The zero-order chi connectivity index (χ0) is 11.7. The summed E-state index contributed by atoms with van der Waals surface area (Å²) in [6.45, 7) is 6.92. The van der Waals surface area contributed by atoms with Crippen molar-refractivity contribution in [2.75, 3.05) is 24.2 Å². The molecule has 0 bridgehead atoms. The SMILES string of the molecule is CC[PH+](CC)CC.Nc1ccccc1[S-].[Au]. The summed E-state index contributed by atoms with van der Waals surface area (Å²) in [6, 6.07) is 7.34. The molecule has 1 nitrogen and oxygen atoms in total. The summed E-state index contributed by atoms with van der Waals surface area (Å²) in [5.74, 6) is 0. The summed E-state index contributed by atoms with van der Waals surface area (Å²) in [4.78, 5) is 0.729. The predicted molar refractivity (Wildman–Crippen MR) is 76.4 cm³/mol. The van der Waals surface area contributed by atoms with Gasteiger partial charge in [-0.3, -0.25) is 0 Å². The third kappa shape index (κ3) is 8.55. The largest absolute Gasteiger partial charge is 0.778 e. The number of nitrogen functional groups attached to an aromatic ring is 1. The number of hydrogen-bond donors (Lipinski definition) is 1. The van der Waals surface area contributed by atoms with E-state index in [4.69, 9.17) is 18.4 Å². The van der Waals surface area contributed by atoms with Gasteiger partial charge in [0.2, 0.25) is 0 Å². The second-order valence-electron chi connectivity index (χ2n) is 3.35. The van der Waals surface area contributed by atoms with Crippen LogP contribution in [0.1, 0.15) is 20.8 Å². The Kier molecular flexibility index (Phi) is 13.9. The number of benzene rings is 1. The monoisotopic (exact) mass is 440 g/mol. The van der Waals surface area contributed by atoms with E-state index in [9.17, 15) is 0 Å². The van der Waals surface area contributed by atoms with E-state index in [1.54, 1.807) is 6.07 Å². The Morgan fingerprint density at radius 2 is 1.50 bits per heavy atom. The van der Waals surface area contributed by atoms with Crippen molar-refractivity contribution in [3.8, 4) is 0 Å². The number of rotatable bonds is 3. The molecule has 16 heavy (non-hydrogen) atoms. The van der Waals surface area contributed by atoms with Gasteiger partial charge in [0.05, 0.1) is 18.5 Å². The Bertz CT molecular complexity index is 240. The molecule has 1 rings (SSSR count). The molecule has 0 unspecified atom stereocenters. The summed E-state index contributed by atoms with van der Waals surface area (Å²) < 4.78 is 0. The Morgan fingerprint density at radius 3 is 1.69 bits per heavy atom. The van der Waals surface area contributed by atoms with E-state index in [1.807, 2.05) is 18.2 Å². The first kappa shape index (κ1) is 18.8. The Labute approximate surface area is 122 Å². The summed E-state index contributed by atoms with van der Waals surface area (Å²) >= 11 is 4.83. The third-order valence-corrected chi connectivity index (χ3v) is 5.79. The Balaban J connectivity index is 0. The minimum absolute atomic E-state index is 0. The van der Waals surface area contributed by atoms with E-state index in [2.05, 4.69) is 20.8 Å². The molecular weight excluding hydrogens is 418 g/mol. The molecule has 0 fully saturated rings. The summed E-state index contributed by atoms with van der Waals surface area (Å²) in [5.41, 5.74) is 6.10. The average molecular weight is 440 g/mol. The fourth-order valence-corrected chi connectivity index (χ4v) is 2.88. The van der Waals surface area contributed by atoms with Crippen LogP contribution in [0.2, 0.25) is 0 Å². The van der Waals surface area contributed by atoms with Crippen LogP contribution in [0.15, 0.2) is 29.2 Å². The molecule has 0 aliphatic carbocycles. The van der Waals surface area contributed by atoms with Gasteiger partial charge in [0.1, 0.15) is 0 Å². The molecule has 4 heteroatoms. The van der Waals surface area contributed by atoms with E-state index in [-0.39, 0.29) is 30.3 Å². The van der Waals surface area contributed by atoms with Gasteiger partial charge in [-0.25, -0.2) is 0 Å². The van der Waals surface area contributed by atoms with Gasteiger partial charge in [-0.05, 0) is 34.8 Å². The van der Waals surface area contributed by atoms with Crippen LogP contribution < -0.4 is 5.73 Å². The molecule has 1 aromatic carbocycles. The van der Waals surface area contributed by atoms with Gasteiger partial charge >= 0.3 is 0 Å². The first-order chi connectivity index (χ1) is 7.15. The van der Waals surface area contributed by atoms with Gasteiger partial charge in [0.25, 0.3) is 0 Å². The molecule has 1 aromatic rings. The van der Waals surface area contributed by atoms with Gasteiger partial charge in [-0.2, -0.15) is 4.90 Å². The molecular formula is C12H22AuNPS. The number of anilines is 1. The predicted octanol–water partition coefficient (Wildman–Crippen LogP) is 3.43. The van der Waals surface area contributed by atoms with Crippen molar-refractivity contribution < 1.29 is 22.4 Å². The smallest absolute Gasteiger partial charge is 0.0543 e. The molecule has 0 spiro atoms. The maximum Gasteiger partial charge on any atom is 0.0543 e. The molecule has 0 aliphatic rings. The topological polar surface area (TPSA) is 26.0 Å². The quantitative estimate of drug-likeness (QED) is 0.338. The van der Waals surface area contributed by atoms with Crippen molar-refractivity contribution in [2.24, 2.45) is 0 Å². The van der Waals surface area contributed by atoms with E-state index in [1.165, 1.54) is 18.5 Å². The molecule has 97 valence electrons. The van der Waals surface area contributed by atoms with Crippen LogP contribution in [0.4, 0.5) is 5.69 Å². The van der Waals surface area contributed by atoms with Gasteiger partial charge < -0.3 is 18.4 Å². The van der Waals surface area contributed by atoms with E-state index in [0.717, 1.165) is 4.90 Å². The van der Waals surface area contributed by atoms with Crippen LogP contribution in [0.25, 0.3) is 0 Å². The maximum atomic E-state index is 5.42. The molecule has 0 heterocycles. The molecule has 2 N–H and O–H groups in total. The number of para-hydroxylation sites is 1. The minimum atomic E-state index is 0. The van der Waals surface area contributed by atoms with Crippen molar-refractivity contribution >= 4 is 26.2 Å². The fourth-order valence-electron chi connectivity index (χ4n) is 1.23. The zero-order valence-electron chi connectivity index (χ0n) is 10.2. The molecule has 0 amide bonds. The maximum absolute atomic E-state index is 5.42. The van der Waals surface area contributed by atoms with Crippen LogP contribution in [0.5, 0.6) is 0 Å². The standard InChI is InChI=1S/C6H7NS.C6H15P.Au/c7-5-3-1-2-4-6(5)8;1-4-7(5-2)6-3;/h1-4,8H,7H2;4-6H2,1-3H3;. The van der Waals surface area contributed by atoms with Gasteiger partial charge in [-0.15, -0.1) is 0 Å². The molecule has 0 aliphatic heterocycles. The third-order valence-electron chi connectivity index (χ3n) is 2.42. The van der Waals surface area contributed by atoms with Crippen LogP contribution in [-0.4, -0.2) is 18.5 Å². The number of nitrogens with two attached hydrogens (primary N) is 1. The van der Waals surface area contributed by atoms with Crippen molar-refractivity contribution in [2.45, 2.75) is 25.7 Å².